The Morgan fingerprint density at radius 3 is 2.62 bits per heavy atom. The summed E-state index contributed by atoms with van der Waals surface area (Å²) < 4.78 is 14.2. The number of nitrogens with one attached hydrogen (secondary N) is 2. The van der Waals surface area contributed by atoms with Gasteiger partial charge in [-0.1, -0.05) is 33.3 Å². The highest BCUT2D eigenvalue weighted by Crippen LogP contribution is 2.27. The van der Waals surface area contributed by atoms with Crippen LogP contribution in [0.1, 0.15) is 15.4 Å². The summed E-state index contributed by atoms with van der Waals surface area (Å²) in [4.78, 5) is 17.2. The molecule has 4 nitrogen and oxygen atoms in total. The Morgan fingerprint density at radius 2 is 1.92 bits per heavy atom. The SMILES string of the molecule is Cc1nc(Nc2cccc(F)c2)sc1C(=O)Nc1ccc(Br)cc1. The highest BCUT2D eigenvalue weighted by Gasteiger charge is 2.15. The average Bonchev–Trinajstić information content (AvgIpc) is 2.90. The van der Waals surface area contributed by atoms with Gasteiger partial charge < -0.3 is 10.6 Å². The smallest absolute Gasteiger partial charge is 0.267 e. The number of amides is 1. The van der Waals surface area contributed by atoms with E-state index in [1.54, 1.807) is 19.1 Å². The lowest BCUT2D eigenvalue weighted by Crippen LogP contribution is -2.11. The fourth-order valence-corrected chi connectivity index (χ4v) is 3.22. The normalized spacial score (nSPS) is 10.5. The fraction of sp³-hybridized carbons (Fsp3) is 0.0588. The number of thiazole rings is 1. The van der Waals surface area contributed by atoms with Crippen molar-refractivity contribution in [1.29, 1.82) is 0 Å². The number of rotatable bonds is 4. The molecule has 2 N–H and O–H groups in total. The molecule has 0 bridgehead atoms. The van der Waals surface area contributed by atoms with E-state index in [4.69, 9.17) is 0 Å². The van der Waals surface area contributed by atoms with Crippen molar-refractivity contribution in [2.24, 2.45) is 0 Å². The molecule has 0 aliphatic heterocycles. The van der Waals surface area contributed by atoms with Crippen molar-refractivity contribution in [2.75, 3.05) is 10.6 Å². The molecule has 3 aromatic rings. The Morgan fingerprint density at radius 1 is 1.17 bits per heavy atom. The predicted molar refractivity (Wildman–Crippen MR) is 98.6 cm³/mol. The van der Waals surface area contributed by atoms with Gasteiger partial charge >= 0.3 is 0 Å². The van der Waals surface area contributed by atoms with Crippen molar-refractivity contribution in [2.45, 2.75) is 6.92 Å². The molecule has 0 fully saturated rings. The Bertz CT molecular complexity index is 880. The number of nitrogens with zero attached hydrogens (tertiary/aromatic N) is 1. The van der Waals surface area contributed by atoms with E-state index in [9.17, 15) is 9.18 Å². The van der Waals surface area contributed by atoms with E-state index < -0.39 is 0 Å². The summed E-state index contributed by atoms with van der Waals surface area (Å²) in [5.74, 6) is -0.555. The molecule has 0 spiro atoms. The van der Waals surface area contributed by atoms with Gasteiger partial charge in [0, 0.05) is 15.8 Å². The molecule has 0 radical (unpaired) electrons. The first kappa shape index (κ1) is 16.6. The van der Waals surface area contributed by atoms with Gasteiger partial charge in [0.2, 0.25) is 0 Å². The fourth-order valence-electron chi connectivity index (χ4n) is 2.07. The molecule has 1 aromatic heterocycles. The standard InChI is InChI=1S/C17H13BrFN3OS/c1-10-15(16(23)21-13-7-5-11(18)6-8-13)24-17(20-10)22-14-4-2-3-12(19)9-14/h2-9H,1H3,(H,20,22)(H,21,23). The minimum Gasteiger partial charge on any atom is -0.331 e. The highest BCUT2D eigenvalue weighted by atomic mass is 79.9. The van der Waals surface area contributed by atoms with E-state index >= 15 is 0 Å². The summed E-state index contributed by atoms with van der Waals surface area (Å²) in [6.07, 6.45) is 0. The summed E-state index contributed by atoms with van der Waals surface area (Å²) in [6, 6.07) is 13.4. The molecule has 24 heavy (non-hydrogen) atoms. The second-order valence-electron chi connectivity index (χ2n) is 5.03. The Hall–Kier alpha value is -2.25. The van der Waals surface area contributed by atoms with E-state index in [1.165, 1.54) is 23.5 Å². The highest BCUT2D eigenvalue weighted by molar-refractivity contribution is 9.10. The maximum absolute atomic E-state index is 13.2. The second-order valence-corrected chi connectivity index (χ2v) is 6.94. The third kappa shape index (κ3) is 3.98. The minimum atomic E-state index is -0.332. The zero-order valence-corrected chi connectivity index (χ0v) is 15.0. The monoisotopic (exact) mass is 405 g/mol. The first-order chi connectivity index (χ1) is 11.5. The summed E-state index contributed by atoms with van der Waals surface area (Å²) in [5.41, 5.74) is 1.91. The lowest BCUT2D eigenvalue weighted by atomic mass is 10.3. The molecule has 1 heterocycles. The molecule has 3 rings (SSSR count). The van der Waals surface area contributed by atoms with Crippen LogP contribution in [0.2, 0.25) is 0 Å². The topological polar surface area (TPSA) is 54.0 Å². The maximum Gasteiger partial charge on any atom is 0.267 e. The number of aryl methyl sites for hydroxylation is 1. The summed E-state index contributed by atoms with van der Waals surface area (Å²) in [7, 11) is 0. The minimum absolute atomic E-state index is 0.223. The number of hydrogen-bond donors (Lipinski definition) is 2. The Balaban J connectivity index is 1.75. The van der Waals surface area contributed by atoms with Crippen LogP contribution in [-0.2, 0) is 0 Å². The van der Waals surface area contributed by atoms with Gasteiger partial charge in [0.15, 0.2) is 5.13 Å². The van der Waals surface area contributed by atoms with Gasteiger partial charge in [-0.15, -0.1) is 0 Å². The lowest BCUT2D eigenvalue weighted by Gasteiger charge is -2.04. The molecule has 2 aromatic carbocycles. The molecule has 7 heteroatoms. The van der Waals surface area contributed by atoms with E-state index in [1.807, 2.05) is 24.3 Å². The van der Waals surface area contributed by atoms with E-state index in [-0.39, 0.29) is 11.7 Å². The van der Waals surface area contributed by atoms with Crippen LogP contribution in [0.3, 0.4) is 0 Å². The molecule has 122 valence electrons. The van der Waals surface area contributed by atoms with Gasteiger partial charge in [0.05, 0.1) is 5.69 Å². The van der Waals surface area contributed by atoms with Crippen molar-refractivity contribution < 1.29 is 9.18 Å². The van der Waals surface area contributed by atoms with Crippen molar-refractivity contribution in [1.82, 2.24) is 4.98 Å². The number of hydrogen-bond acceptors (Lipinski definition) is 4. The van der Waals surface area contributed by atoms with Crippen molar-refractivity contribution in [3.05, 3.63) is 69.4 Å². The van der Waals surface area contributed by atoms with Crippen LogP contribution in [0.4, 0.5) is 20.9 Å². The van der Waals surface area contributed by atoms with Crippen LogP contribution >= 0.6 is 27.3 Å². The van der Waals surface area contributed by atoms with E-state index in [0.717, 1.165) is 4.47 Å². The molecule has 0 aliphatic rings. The molecule has 0 aliphatic carbocycles. The Kier molecular flexibility index (Phi) is 4.92. The number of halogens is 2. The van der Waals surface area contributed by atoms with Crippen molar-refractivity contribution in [3.8, 4) is 0 Å². The number of anilines is 3. The third-order valence-electron chi connectivity index (χ3n) is 3.18. The summed E-state index contributed by atoms with van der Waals surface area (Å²) in [6.45, 7) is 1.77. The van der Waals surface area contributed by atoms with Crippen LogP contribution in [0.5, 0.6) is 0 Å². The second kappa shape index (κ2) is 7.11. The van der Waals surface area contributed by atoms with E-state index in [0.29, 0.717) is 27.1 Å². The number of benzene rings is 2. The molecule has 1 amide bonds. The molecular weight excluding hydrogens is 393 g/mol. The van der Waals surface area contributed by atoms with Gasteiger partial charge in [0.1, 0.15) is 10.7 Å². The average molecular weight is 406 g/mol. The molecular formula is C17H13BrFN3OS. The van der Waals surface area contributed by atoms with E-state index in [2.05, 4.69) is 31.5 Å². The van der Waals surface area contributed by atoms with Gasteiger partial charge in [-0.25, -0.2) is 9.37 Å². The van der Waals surface area contributed by atoms with Crippen LogP contribution in [-0.4, -0.2) is 10.9 Å². The van der Waals surface area contributed by atoms with Gasteiger partial charge in [-0.05, 0) is 49.4 Å². The van der Waals surface area contributed by atoms with Gasteiger partial charge in [0.25, 0.3) is 5.91 Å². The van der Waals surface area contributed by atoms with Crippen molar-refractivity contribution in [3.63, 3.8) is 0 Å². The largest absolute Gasteiger partial charge is 0.331 e. The Labute approximate surface area is 150 Å². The van der Waals surface area contributed by atoms with Crippen LogP contribution in [0, 0.1) is 12.7 Å². The predicted octanol–water partition coefficient (Wildman–Crippen LogP) is 5.35. The van der Waals surface area contributed by atoms with Gasteiger partial charge in [-0.3, -0.25) is 4.79 Å². The number of carbonyl (C=O) groups excluding carboxylic acids is 1. The lowest BCUT2D eigenvalue weighted by molar-refractivity contribution is 0.103. The quantitative estimate of drug-likeness (QED) is 0.614. The molecule has 0 unspecified atom stereocenters. The zero-order valence-electron chi connectivity index (χ0n) is 12.6. The van der Waals surface area contributed by atoms with Crippen LogP contribution in [0.25, 0.3) is 0 Å². The van der Waals surface area contributed by atoms with Crippen LogP contribution < -0.4 is 10.6 Å². The number of aromatic nitrogens is 1. The van der Waals surface area contributed by atoms with Crippen LogP contribution in [0.15, 0.2) is 53.0 Å². The maximum atomic E-state index is 13.2. The number of carbonyl (C=O) groups is 1. The molecule has 0 saturated heterocycles. The zero-order chi connectivity index (χ0) is 17.1. The summed E-state index contributed by atoms with van der Waals surface area (Å²) >= 11 is 4.58. The molecule has 0 saturated carbocycles. The van der Waals surface area contributed by atoms with Crippen molar-refractivity contribution >= 4 is 49.7 Å². The van der Waals surface area contributed by atoms with Gasteiger partial charge in [-0.2, -0.15) is 0 Å². The summed E-state index contributed by atoms with van der Waals surface area (Å²) in [5, 5.41) is 6.39. The first-order valence-corrected chi connectivity index (χ1v) is 8.69. The first-order valence-electron chi connectivity index (χ1n) is 7.08. The third-order valence-corrected chi connectivity index (χ3v) is 4.78. The molecule has 0 atom stereocenters.